The normalized spacial score (nSPS) is 16.9. The first-order chi connectivity index (χ1) is 4.46. The van der Waals surface area contributed by atoms with Crippen molar-refractivity contribution in [2.24, 2.45) is 0 Å². The summed E-state index contributed by atoms with van der Waals surface area (Å²) in [6.45, 7) is 6.04. The molecule has 0 heterocycles. The molecule has 0 rings (SSSR count). The Morgan fingerprint density at radius 3 is 1.90 bits per heavy atom. The van der Waals surface area contributed by atoms with E-state index in [0.717, 1.165) is 0 Å². The topological polar surface area (TPSA) is 37.3 Å². The maximum atomic E-state index is 10.5. The van der Waals surface area contributed by atoms with Gasteiger partial charge in [-0.2, -0.15) is 0 Å². The van der Waals surface area contributed by atoms with Gasteiger partial charge in [0.05, 0.1) is 0 Å². The Balaban J connectivity index is 3.94. The Morgan fingerprint density at radius 1 is 1.40 bits per heavy atom. The van der Waals surface area contributed by atoms with Gasteiger partial charge in [0.15, 0.2) is 0 Å². The van der Waals surface area contributed by atoms with Gasteiger partial charge in [0.2, 0.25) is 0 Å². The van der Waals surface area contributed by atoms with E-state index in [1.165, 1.54) is 0 Å². The van der Waals surface area contributed by atoms with E-state index < -0.39 is 20.6 Å². The number of carbonyl (C=O) groups is 1. The molecule has 0 aliphatic carbocycles. The van der Waals surface area contributed by atoms with Gasteiger partial charge >= 0.3 is 66.4 Å². The van der Waals surface area contributed by atoms with Gasteiger partial charge in [-0.3, -0.25) is 0 Å². The molecule has 0 amide bonds. The van der Waals surface area contributed by atoms with Crippen LogP contribution in [0, 0.1) is 0 Å². The summed E-state index contributed by atoms with van der Waals surface area (Å²) in [6, 6.07) is 0. The zero-order valence-electron chi connectivity index (χ0n) is 6.96. The van der Waals surface area contributed by atoms with Crippen LogP contribution in [0.25, 0.3) is 0 Å². The van der Waals surface area contributed by atoms with Crippen LogP contribution in [0.4, 0.5) is 0 Å². The fourth-order valence-electron chi connectivity index (χ4n) is 0.621. The summed E-state index contributed by atoms with van der Waals surface area (Å²) in [4.78, 5) is 10.5. The van der Waals surface area contributed by atoms with Gasteiger partial charge in [0.1, 0.15) is 0 Å². The molecule has 0 aromatic heterocycles. The maximum absolute atomic E-state index is 10.5. The molecule has 2 unspecified atom stereocenters. The average molecular weight is 206 g/mol. The van der Waals surface area contributed by atoms with E-state index >= 15 is 0 Å². The van der Waals surface area contributed by atoms with Crippen LogP contribution in [0.15, 0.2) is 0 Å². The summed E-state index contributed by atoms with van der Waals surface area (Å²) in [7, 11) is 0. The standard InChI is InChI=1S/C7H15AsO2/c1-5(2)8(4)6(3)7(9)10/h5-6H,1-4H3,(H,9,10). The summed E-state index contributed by atoms with van der Waals surface area (Å²) < 4.78 is 0.520. The van der Waals surface area contributed by atoms with Gasteiger partial charge in [-0.1, -0.05) is 0 Å². The first-order valence-electron chi connectivity index (χ1n) is 3.41. The van der Waals surface area contributed by atoms with Crippen molar-refractivity contribution >= 4 is 20.6 Å². The molecule has 0 aromatic carbocycles. The SMILES string of the molecule is CC(C)[As](C)C(C)C(=O)O. The van der Waals surface area contributed by atoms with E-state index in [9.17, 15) is 4.79 Å². The van der Waals surface area contributed by atoms with Gasteiger partial charge < -0.3 is 0 Å². The minimum atomic E-state index is -1.09. The molecule has 0 saturated heterocycles. The predicted molar refractivity (Wildman–Crippen MR) is 43.8 cm³/mol. The molecule has 0 aliphatic rings. The molecule has 0 aliphatic heterocycles. The molecule has 0 saturated carbocycles. The molecule has 0 radical (unpaired) electrons. The van der Waals surface area contributed by atoms with Crippen molar-refractivity contribution in [1.29, 1.82) is 0 Å². The van der Waals surface area contributed by atoms with Gasteiger partial charge in [-0.25, -0.2) is 0 Å². The Bertz CT molecular complexity index is 123. The third kappa shape index (κ3) is 2.74. The van der Waals surface area contributed by atoms with Crippen molar-refractivity contribution in [1.82, 2.24) is 0 Å². The fourth-order valence-corrected chi connectivity index (χ4v) is 3.23. The third-order valence-electron chi connectivity index (χ3n) is 1.78. The Hall–Kier alpha value is 0.0284. The molecule has 2 nitrogen and oxygen atoms in total. The van der Waals surface area contributed by atoms with E-state index in [2.05, 4.69) is 19.6 Å². The number of carboxylic acid groups (broad SMARTS) is 1. The summed E-state index contributed by atoms with van der Waals surface area (Å²) >= 11 is -1.09. The first-order valence-corrected chi connectivity index (χ1v) is 7.46. The summed E-state index contributed by atoms with van der Waals surface area (Å²) in [5.74, 6) is -0.629. The van der Waals surface area contributed by atoms with Crippen LogP contribution in [0.2, 0.25) is 15.1 Å². The van der Waals surface area contributed by atoms with Crippen LogP contribution >= 0.6 is 0 Å². The van der Waals surface area contributed by atoms with Crippen molar-refractivity contribution in [3.8, 4) is 0 Å². The van der Waals surface area contributed by atoms with Crippen LogP contribution < -0.4 is 0 Å². The monoisotopic (exact) mass is 206 g/mol. The second-order valence-electron chi connectivity index (χ2n) is 2.77. The Kier molecular flexibility index (Phi) is 4.03. The molecule has 2 atom stereocenters. The van der Waals surface area contributed by atoms with Gasteiger partial charge in [-0.15, -0.1) is 0 Å². The Morgan fingerprint density at radius 2 is 1.80 bits per heavy atom. The first kappa shape index (κ1) is 10.0. The molecule has 0 bridgehead atoms. The summed E-state index contributed by atoms with van der Waals surface area (Å²) in [5, 5.41) is 8.64. The number of carboxylic acids is 1. The zero-order chi connectivity index (χ0) is 8.31. The van der Waals surface area contributed by atoms with E-state index in [-0.39, 0.29) is 4.71 Å². The number of hydrogen-bond donors (Lipinski definition) is 1. The van der Waals surface area contributed by atoms with Gasteiger partial charge in [0.25, 0.3) is 0 Å². The van der Waals surface area contributed by atoms with Crippen molar-refractivity contribution in [3.05, 3.63) is 0 Å². The van der Waals surface area contributed by atoms with Crippen LogP contribution in [-0.2, 0) is 4.79 Å². The van der Waals surface area contributed by atoms with Crippen molar-refractivity contribution in [2.45, 2.75) is 35.9 Å². The summed E-state index contributed by atoms with van der Waals surface area (Å²) in [5.41, 5.74) is 2.12. The quantitative estimate of drug-likeness (QED) is 0.717. The Labute approximate surface area is 66.9 Å². The number of aliphatic carboxylic acids is 1. The summed E-state index contributed by atoms with van der Waals surface area (Å²) in [6.07, 6.45) is 0. The molecule has 0 fully saturated rings. The second kappa shape index (κ2) is 4.02. The molecule has 10 heavy (non-hydrogen) atoms. The van der Waals surface area contributed by atoms with E-state index in [4.69, 9.17) is 5.11 Å². The molecule has 60 valence electrons. The molecule has 0 spiro atoms. The zero-order valence-corrected chi connectivity index (χ0v) is 8.83. The minimum absolute atomic E-state index is 0.0764. The fraction of sp³-hybridized carbons (Fsp3) is 0.857. The van der Waals surface area contributed by atoms with E-state index in [1.54, 1.807) is 0 Å². The van der Waals surface area contributed by atoms with E-state index in [0.29, 0.717) is 4.71 Å². The third-order valence-corrected chi connectivity index (χ3v) is 8.23. The van der Waals surface area contributed by atoms with Gasteiger partial charge in [0, 0.05) is 0 Å². The molecule has 0 aromatic rings. The molecule has 1 N–H and O–H groups in total. The van der Waals surface area contributed by atoms with Crippen molar-refractivity contribution < 1.29 is 9.90 Å². The molecular formula is C7H15AsO2. The molecule has 3 heteroatoms. The van der Waals surface area contributed by atoms with Gasteiger partial charge in [-0.05, 0) is 0 Å². The van der Waals surface area contributed by atoms with Crippen LogP contribution in [-0.4, -0.2) is 25.7 Å². The average Bonchev–Trinajstić information content (AvgIpc) is 1.84. The number of rotatable bonds is 3. The second-order valence-corrected chi connectivity index (χ2v) is 9.36. The number of hydrogen-bond acceptors (Lipinski definition) is 1. The van der Waals surface area contributed by atoms with Crippen molar-refractivity contribution in [3.63, 3.8) is 0 Å². The van der Waals surface area contributed by atoms with Crippen LogP contribution in [0.5, 0.6) is 0 Å². The van der Waals surface area contributed by atoms with Crippen LogP contribution in [0.1, 0.15) is 20.8 Å². The molecular weight excluding hydrogens is 191 g/mol. The predicted octanol–water partition coefficient (Wildman–Crippen LogP) is 2.00. The van der Waals surface area contributed by atoms with Crippen LogP contribution in [0.3, 0.4) is 0 Å². The van der Waals surface area contributed by atoms with E-state index in [1.807, 2.05) is 6.92 Å². The van der Waals surface area contributed by atoms with Crippen molar-refractivity contribution in [2.75, 3.05) is 0 Å².